The zero-order chi connectivity index (χ0) is 10.8. The molecule has 2 rings (SSSR count). The number of aliphatic carboxylic acids is 1. The summed E-state index contributed by atoms with van der Waals surface area (Å²) in [5.41, 5.74) is 0. The van der Waals surface area contributed by atoms with Crippen molar-refractivity contribution in [2.45, 2.75) is 19.9 Å². The highest BCUT2D eigenvalue weighted by Gasteiger charge is 2.28. The fraction of sp³-hybridized carbons (Fsp3) is 0.600. The number of aromatic nitrogens is 1. The van der Waals surface area contributed by atoms with E-state index >= 15 is 0 Å². The minimum absolute atomic E-state index is 0.304. The SMILES string of the molecule is Cc1ncc(CN2CC(CC(=O)O)C2)s1. The Morgan fingerprint density at radius 2 is 2.47 bits per heavy atom. The number of carbonyl (C=O) groups is 1. The fourth-order valence-corrected chi connectivity index (χ4v) is 2.72. The minimum atomic E-state index is -0.687. The van der Waals surface area contributed by atoms with Crippen LogP contribution in [-0.2, 0) is 11.3 Å². The molecule has 0 bridgehead atoms. The van der Waals surface area contributed by atoms with E-state index in [0.717, 1.165) is 24.6 Å². The Morgan fingerprint density at radius 1 is 1.73 bits per heavy atom. The van der Waals surface area contributed by atoms with Gasteiger partial charge in [-0.3, -0.25) is 9.69 Å². The Hall–Kier alpha value is -0.940. The first-order chi connectivity index (χ1) is 7.13. The van der Waals surface area contributed by atoms with Gasteiger partial charge in [0.25, 0.3) is 0 Å². The lowest BCUT2D eigenvalue weighted by Gasteiger charge is -2.38. The van der Waals surface area contributed by atoms with Crippen LogP contribution < -0.4 is 0 Å². The van der Waals surface area contributed by atoms with E-state index in [2.05, 4.69) is 9.88 Å². The van der Waals surface area contributed by atoms with Gasteiger partial charge in [0.2, 0.25) is 0 Å². The predicted molar refractivity (Wildman–Crippen MR) is 57.9 cm³/mol. The summed E-state index contributed by atoms with van der Waals surface area (Å²) < 4.78 is 0. The number of thiazole rings is 1. The van der Waals surface area contributed by atoms with E-state index in [1.54, 1.807) is 11.3 Å². The van der Waals surface area contributed by atoms with Gasteiger partial charge in [-0.1, -0.05) is 0 Å². The molecule has 1 aliphatic rings. The van der Waals surface area contributed by atoms with Crippen LogP contribution in [0.1, 0.15) is 16.3 Å². The second kappa shape index (κ2) is 4.28. The molecule has 0 saturated carbocycles. The molecule has 15 heavy (non-hydrogen) atoms. The summed E-state index contributed by atoms with van der Waals surface area (Å²) in [4.78, 5) is 18.2. The van der Waals surface area contributed by atoms with Gasteiger partial charge in [0.1, 0.15) is 0 Å². The maximum absolute atomic E-state index is 10.4. The summed E-state index contributed by atoms with van der Waals surface area (Å²) >= 11 is 1.71. The van der Waals surface area contributed by atoms with Crippen molar-refractivity contribution in [3.63, 3.8) is 0 Å². The van der Waals surface area contributed by atoms with Gasteiger partial charge in [-0.05, 0) is 12.8 Å². The second-order valence-corrected chi connectivity index (χ2v) is 5.32. The lowest BCUT2D eigenvalue weighted by molar-refractivity contribution is -0.139. The van der Waals surface area contributed by atoms with Crippen LogP contribution in [0.15, 0.2) is 6.20 Å². The molecule has 0 unspecified atom stereocenters. The average Bonchev–Trinajstić information content (AvgIpc) is 2.47. The summed E-state index contributed by atoms with van der Waals surface area (Å²) in [7, 11) is 0. The molecule has 1 fully saturated rings. The number of hydrogen-bond donors (Lipinski definition) is 1. The number of rotatable bonds is 4. The van der Waals surface area contributed by atoms with E-state index in [0.29, 0.717) is 12.3 Å². The third kappa shape index (κ3) is 2.76. The Kier molecular flexibility index (Phi) is 3.02. The van der Waals surface area contributed by atoms with Gasteiger partial charge in [0.15, 0.2) is 0 Å². The molecular weight excluding hydrogens is 212 g/mol. The predicted octanol–water partition coefficient (Wildman–Crippen LogP) is 1.36. The standard InChI is InChI=1S/C10H14N2O2S/c1-7-11-3-9(15-7)6-12-4-8(5-12)2-10(13)14/h3,8H,2,4-6H2,1H3,(H,13,14). The first kappa shape index (κ1) is 10.6. The lowest BCUT2D eigenvalue weighted by Crippen LogP contribution is -2.46. The fourth-order valence-electron chi connectivity index (χ4n) is 1.88. The molecule has 1 aliphatic heterocycles. The average molecular weight is 226 g/mol. The van der Waals surface area contributed by atoms with Gasteiger partial charge in [-0.2, -0.15) is 0 Å². The molecule has 5 heteroatoms. The molecule has 82 valence electrons. The van der Waals surface area contributed by atoms with Crippen molar-refractivity contribution in [1.82, 2.24) is 9.88 Å². The van der Waals surface area contributed by atoms with E-state index in [1.165, 1.54) is 4.88 Å². The van der Waals surface area contributed by atoms with Gasteiger partial charge >= 0.3 is 5.97 Å². The Bertz CT molecular complexity index is 358. The first-order valence-corrected chi connectivity index (χ1v) is 5.80. The highest BCUT2D eigenvalue weighted by Crippen LogP contribution is 2.23. The summed E-state index contributed by atoms with van der Waals surface area (Å²) in [6.07, 6.45) is 2.21. The molecule has 1 N–H and O–H groups in total. The van der Waals surface area contributed by atoms with Crippen molar-refractivity contribution in [2.24, 2.45) is 5.92 Å². The van der Waals surface area contributed by atoms with Crippen LogP contribution in [0.25, 0.3) is 0 Å². The van der Waals surface area contributed by atoms with E-state index in [1.807, 2.05) is 13.1 Å². The van der Waals surface area contributed by atoms with Crippen LogP contribution in [0.3, 0.4) is 0 Å². The van der Waals surface area contributed by atoms with E-state index in [-0.39, 0.29) is 0 Å². The molecule has 1 aromatic heterocycles. The quantitative estimate of drug-likeness (QED) is 0.842. The molecule has 2 heterocycles. The van der Waals surface area contributed by atoms with E-state index in [9.17, 15) is 4.79 Å². The number of carboxylic acid groups (broad SMARTS) is 1. The van der Waals surface area contributed by atoms with Crippen LogP contribution >= 0.6 is 11.3 Å². The summed E-state index contributed by atoms with van der Waals surface area (Å²) in [5, 5.41) is 9.69. The van der Waals surface area contributed by atoms with Crippen LogP contribution in [-0.4, -0.2) is 34.0 Å². The molecule has 1 saturated heterocycles. The number of aryl methyl sites for hydroxylation is 1. The molecule has 0 amide bonds. The van der Waals surface area contributed by atoms with Gasteiger partial charge in [-0.15, -0.1) is 11.3 Å². The molecule has 4 nitrogen and oxygen atoms in total. The van der Waals surface area contributed by atoms with Crippen LogP contribution in [0, 0.1) is 12.8 Å². The largest absolute Gasteiger partial charge is 0.481 e. The smallest absolute Gasteiger partial charge is 0.303 e. The number of hydrogen-bond acceptors (Lipinski definition) is 4. The molecule has 0 radical (unpaired) electrons. The van der Waals surface area contributed by atoms with Crippen molar-refractivity contribution in [3.05, 3.63) is 16.1 Å². The van der Waals surface area contributed by atoms with Gasteiger partial charge in [-0.25, -0.2) is 4.98 Å². The third-order valence-electron chi connectivity index (χ3n) is 2.54. The van der Waals surface area contributed by atoms with Gasteiger partial charge in [0, 0.05) is 30.7 Å². The normalized spacial score (nSPS) is 17.7. The Balaban J connectivity index is 1.74. The van der Waals surface area contributed by atoms with Crippen molar-refractivity contribution in [2.75, 3.05) is 13.1 Å². The molecule has 0 aliphatic carbocycles. The monoisotopic (exact) mass is 226 g/mol. The molecule has 0 aromatic carbocycles. The molecule has 0 atom stereocenters. The minimum Gasteiger partial charge on any atom is -0.481 e. The highest BCUT2D eigenvalue weighted by molar-refractivity contribution is 7.11. The Morgan fingerprint density at radius 3 is 3.00 bits per heavy atom. The summed E-state index contributed by atoms with van der Waals surface area (Å²) in [5.74, 6) is -0.343. The van der Waals surface area contributed by atoms with Gasteiger partial charge < -0.3 is 5.11 Å². The van der Waals surface area contributed by atoms with Crippen LogP contribution in [0.5, 0.6) is 0 Å². The zero-order valence-corrected chi connectivity index (χ0v) is 9.46. The third-order valence-corrected chi connectivity index (χ3v) is 3.44. The van der Waals surface area contributed by atoms with Gasteiger partial charge in [0.05, 0.1) is 11.4 Å². The molecule has 0 spiro atoms. The second-order valence-electron chi connectivity index (χ2n) is 4.00. The summed E-state index contributed by atoms with van der Waals surface area (Å²) in [6, 6.07) is 0. The molecule has 1 aromatic rings. The maximum atomic E-state index is 10.4. The highest BCUT2D eigenvalue weighted by atomic mass is 32.1. The summed E-state index contributed by atoms with van der Waals surface area (Å²) in [6.45, 7) is 4.73. The topological polar surface area (TPSA) is 53.4 Å². The zero-order valence-electron chi connectivity index (χ0n) is 8.64. The van der Waals surface area contributed by atoms with E-state index < -0.39 is 5.97 Å². The number of carboxylic acids is 1. The van der Waals surface area contributed by atoms with Crippen molar-refractivity contribution in [1.29, 1.82) is 0 Å². The molecular formula is C10H14N2O2S. The number of likely N-dealkylation sites (tertiary alicyclic amines) is 1. The lowest BCUT2D eigenvalue weighted by atomic mass is 9.96. The van der Waals surface area contributed by atoms with Crippen molar-refractivity contribution >= 4 is 17.3 Å². The van der Waals surface area contributed by atoms with Crippen molar-refractivity contribution < 1.29 is 9.90 Å². The van der Waals surface area contributed by atoms with Crippen LogP contribution in [0.2, 0.25) is 0 Å². The number of nitrogens with zero attached hydrogens (tertiary/aromatic N) is 2. The van der Waals surface area contributed by atoms with Crippen molar-refractivity contribution in [3.8, 4) is 0 Å². The maximum Gasteiger partial charge on any atom is 0.303 e. The van der Waals surface area contributed by atoms with Crippen LogP contribution in [0.4, 0.5) is 0 Å². The first-order valence-electron chi connectivity index (χ1n) is 4.99. The van der Waals surface area contributed by atoms with E-state index in [4.69, 9.17) is 5.11 Å². The Labute approximate surface area is 92.6 Å².